The van der Waals surface area contributed by atoms with Crippen LogP contribution in [-0.4, -0.2) is 43.1 Å². The van der Waals surface area contributed by atoms with Gasteiger partial charge in [0, 0.05) is 31.0 Å². The summed E-state index contributed by atoms with van der Waals surface area (Å²) in [7, 11) is 4.29. The minimum Gasteiger partial charge on any atom is -0.369 e. The third-order valence-corrected chi connectivity index (χ3v) is 3.52. The third-order valence-electron chi connectivity index (χ3n) is 3.31. The van der Waals surface area contributed by atoms with Crippen molar-refractivity contribution in [3.8, 4) is 0 Å². The lowest BCUT2D eigenvalue weighted by Gasteiger charge is -2.23. The van der Waals surface area contributed by atoms with Crippen LogP contribution in [0.15, 0.2) is 18.3 Å². The van der Waals surface area contributed by atoms with Gasteiger partial charge in [-0.05, 0) is 32.1 Å². The zero-order valence-electron chi connectivity index (χ0n) is 10.0. The van der Waals surface area contributed by atoms with Crippen LogP contribution < -0.4 is 4.90 Å². The Labute approximate surface area is 102 Å². The van der Waals surface area contributed by atoms with Gasteiger partial charge < -0.3 is 9.80 Å². The molecule has 0 aliphatic carbocycles. The lowest BCUT2D eigenvalue weighted by Crippen LogP contribution is -2.34. The molecule has 2 atom stereocenters. The van der Waals surface area contributed by atoms with Crippen molar-refractivity contribution in [3.63, 3.8) is 0 Å². The molecule has 2 unspecified atom stereocenters. The highest BCUT2D eigenvalue weighted by atomic mass is 35.5. The van der Waals surface area contributed by atoms with Gasteiger partial charge in [-0.1, -0.05) is 18.5 Å². The molecule has 3 nitrogen and oxygen atoms in total. The highest BCUT2D eigenvalue weighted by Gasteiger charge is 2.31. The lowest BCUT2D eigenvalue weighted by atomic mass is 10.1. The van der Waals surface area contributed by atoms with Gasteiger partial charge in [0.25, 0.3) is 0 Å². The molecule has 1 aromatic rings. The second-order valence-electron chi connectivity index (χ2n) is 4.75. The van der Waals surface area contributed by atoms with Crippen LogP contribution in [0.5, 0.6) is 0 Å². The monoisotopic (exact) mass is 239 g/mol. The number of aromatic nitrogens is 1. The first-order valence-electron chi connectivity index (χ1n) is 5.61. The van der Waals surface area contributed by atoms with E-state index in [4.69, 9.17) is 11.6 Å². The van der Waals surface area contributed by atoms with Gasteiger partial charge in [0.1, 0.15) is 5.15 Å². The summed E-state index contributed by atoms with van der Waals surface area (Å²) in [5.41, 5.74) is 1.18. The van der Waals surface area contributed by atoms with Gasteiger partial charge in [-0.15, -0.1) is 0 Å². The van der Waals surface area contributed by atoms with E-state index in [2.05, 4.69) is 35.8 Å². The molecule has 0 bridgehead atoms. The fraction of sp³-hybridized carbons (Fsp3) is 0.583. The Kier molecular flexibility index (Phi) is 3.36. The average Bonchev–Trinajstić information content (AvgIpc) is 2.60. The Morgan fingerprint density at radius 2 is 2.19 bits per heavy atom. The minimum atomic E-state index is 0.568. The third kappa shape index (κ3) is 2.30. The van der Waals surface area contributed by atoms with Crippen LogP contribution in [-0.2, 0) is 0 Å². The van der Waals surface area contributed by atoms with Crippen molar-refractivity contribution in [2.24, 2.45) is 5.92 Å². The van der Waals surface area contributed by atoms with Crippen molar-refractivity contribution in [2.45, 2.75) is 13.0 Å². The molecule has 4 heteroatoms. The minimum absolute atomic E-state index is 0.568. The largest absolute Gasteiger partial charge is 0.369 e. The maximum absolute atomic E-state index is 5.91. The Bertz CT molecular complexity index is 367. The summed E-state index contributed by atoms with van der Waals surface area (Å²) in [5, 5.41) is 0.568. The number of hydrogen-bond donors (Lipinski definition) is 0. The van der Waals surface area contributed by atoms with Crippen molar-refractivity contribution >= 4 is 17.3 Å². The summed E-state index contributed by atoms with van der Waals surface area (Å²) in [6.07, 6.45) is 1.77. The van der Waals surface area contributed by atoms with Gasteiger partial charge in [0.05, 0.1) is 0 Å². The molecule has 0 saturated carbocycles. The molecule has 1 aliphatic heterocycles. The van der Waals surface area contributed by atoms with E-state index in [1.54, 1.807) is 6.20 Å². The molecule has 1 fully saturated rings. The van der Waals surface area contributed by atoms with Crippen LogP contribution in [0.4, 0.5) is 5.69 Å². The highest BCUT2D eigenvalue weighted by Crippen LogP contribution is 2.26. The van der Waals surface area contributed by atoms with Crippen LogP contribution in [0.25, 0.3) is 0 Å². The van der Waals surface area contributed by atoms with E-state index in [9.17, 15) is 0 Å². The fourth-order valence-electron chi connectivity index (χ4n) is 2.42. The van der Waals surface area contributed by atoms with Crippen LogP contribution in [0.1, 0.15) is 6.92 Å². The topological polar surface area (TPSA) is 19.4 Å². The van der Waals surface area contributed by atoms with E-state index in [1.165, 1.54) is 5.69 Å². The highest BCUT2D eigenvalue weighted by molar-refractivity contribution is 6.29. The first-order chi connectivity index (χ1) is 7.58. The van der Waals surface area contributed by atoms with Crippen LogP contribution in [0, 0.1) is 5.92 Å². The van der Waals surface area contributed by atoms with Gasteiger partial charge in [0.15, 0.2) is 0 Å². The van der Waals surface area contributed by atoms with Crippen LogP contribution in [0.2, 0.25) is 5.15 Å². The van der Waals surface area contributed by atoms with E-state index < -0.39 is 0 Å². The number of anilines is 1. The molecule has 16 heavy (non-hydrogen) atoms. The van der Waals surface area contributed by atoms with Crippen molar-refractivity contribution in [2.75, 3.05) is 32.1 Å². The first-order valence-corrected chi connectivity index (χ1v) is 5.98. The van der Waals surface area contributed by atoms with Gasteiger partial charge >= 0.3 is 0 Å². The summed E-state index contributed by atoms with van der Waals surface area (Å²) >= 11 is 5.91. The van der Waals surface area contributed by atoms with E-state index in [-0.39, 0.29) is 0 Å². The number of pyridine rings is 1. The molecular formula is C12H18ClN3. The molecule has 1 aliphatic rings. The first kappa shape index (κ1) is 11.7. The summed E-state index contributed by atoms with van der Waals surface area (Å²) < 4.78 is 0. The predicted octanol–water partition coefficient (Wildman–Crippen LogP) is 2.12. The van der Waals surface area contributed by atoms with Crippen LogP contribution >= 0.6 is 11.6 Å². The molecule has 1 saturated heterocycles. The number of likely N-dealkylation sites (N-methyl/N-ethyl adjacent to an activating group) is 1. The second-order valence-corrected chi connectivity index (χ2v) is 5.14. The van der Waals surface area contributed by atoms with E-state index in [1.807, 2.05) is 12.1 Å². The number of rotatable bonds is 2. The maximum Gasteiger partial charge on any atom is 0.131 e. The number of hydrogen-bond acceptors (Lipinski definition) is 3. The molecule has 2 rings (SSSR count). The van der Waals surface area contributed by atoms with Crippen molar-refractivity contribution in [1.29, 1.82) is 0 Å². The van der Waals surface area contributed by atoms with Gasteiger partial charge in [-0.3, -0.25) is 0 Å². The Hall–Kier alpha value is -0.800. The molecule has 88 valence electrons. The van der Waals surface area contributed by atoms with Gasteiger partial charge in [-0.25, -0.2) is 4.98 Å². The average molecular weight is 240 g/mol. The van der Waals surface area contributed by atoms with E-state index >= 15 is 0 Å². The van der Waals surface area contributed by atoms with Crippen molar-refractivity contribution in [1.82, 2.24) is 9.88 Å². The molecule has 0 amide bonds. The van der Waals surface area contributed by atoms with E-state index in [0.717, 1.165) is 13.1 Å². The summed E-state index contributed by atoms with van der Waals surface area (Å²) in [5.74, 6) is 0.682. The lowest BCUT2D eigenvalue weighted by molar-refractivity contribution is 0.266. The Balaban J connectivity index is 2.13. The predicted molar refractivity (Wildman–Crippen MR) is 68.1 cm³/mol. The van der Waals surface area contributed by atoms with Crippen molar-refractivity contribution < 1.29 is 0 Å². The molecule has 2 heterocycles. The molecule has 1 aromatic heterocycles. The second kappa shape index (κ2) is 4.60. The summed E-state index contributed by atoms with van der Waals surface area (Å²) in [4.78, 5) is 8.69. The summed E-state index contributed by atoms with van der Waals surface area (Å²) in [6.45, 7) is 4.45. The molecule has 0 aromatic carbocycles. The maximum atomic E-state index is 5.91. The van der Waals surface area contributed by atoms with Crippen molar-refractivity contribution in [3.05, 3.63) is 23.5 Å². The normalized spacial score (nSPS) is 25.4. The Morgan fingerprint density at radius 3 is 2.75 bits per heavy atom. The number of halogens is 1. The molecule has 0 radical (unpaired) electrons. The van der Waals surface area contributed by atoms with Crippen LogP contribution in [0.3, 0.4) is 0 Å². The summed E-state index contributed by atoms with van der Waals surface area (Å²) in [6, 6.07) is 4.58. The fourth-order valence-corrected chi connectivity index (χ4v) is 2.59. The quantitative estimate of drug-likeness (QED) is 0.737. The van der Waals surface area contributed by atoms with E-state index in [0.29, 0.717) is 17.1 Å². The SMILES string of the molecule is CC1CN(c2ccnc(Cl)c2)CC1N(C)C. The zero-order valence-corrected chi connectivity index (χ0v) is 10.8. The zero-order chi connectivity index (χ0) is 11.7. The molecule has 0 spiro atoms. The number of nitrogens with zero attached hydrogens (tertiary/aromatic N) is 3. The van der Waals surface area contributed by atoms with Gasteiger partial charge in [0.2, 0.25) is 0 Å². The smallest absolute Gasteiger partial charge is 0.131 e. The molecular weight excluding hydrogens is 222 g/mol. The standard InChI is InChI=1S/C12H18ClN3/c1-9-7-16(8-11(9)15(2)3)10-4-5-14-12(13)6-10/h4-6,9,11H,7-8H2,1-3H3. The molecule has 0 N–H and O–H groups in total. The Morgan fingerprint density at radius 1 is 1.44 bits per heavy atom. The van der Waals surface area contributed by atoms with Gasteiger partial charge in [-0.2, -0.15) is 0 Å².